The molecule has 0 atom stereocenters. The smallest absolute Gasteiger partial charge is 0.00489 e. The molecule has 0 aromatic heterocycles. The Morgan fingerprint density at radius 2 is 1.60 bits per heavy atom. The van der Waals surface area contributed by atoms with Crippen molar-refractivity contribution in [3.8, 4) is 11.1 Å². The van der Waals surface area contributed by atoms with Crippen LogP contribution in [-0.4, -0.2) is 0 Å². The fourth-order valence-electron chi connectivity index (χ4n) is 1.76. The van der Waals surface area contributed by atoms with Crippen LogP contribution in [0.15, 0.2) is 47.4 Å². The van der Waals surface area contributed by atoms with E-state index in [1.807, 2.05) is 6.07 Å². The van der Waals surface area contributed by atoms with Crippen molar-refractivity contribution in [1.29, 1.82) is 0 Å². The molecule has 0 spiro atoms. The molecule has 2 rings (SSSR count). The predicted molar refractivity (Wildman–Crippen MR) is 68.6 cm³/mol. The molecule has 0 unspecified atom stereocenters. The van der Waals surface area contributed by atoms with E-state index >= 15 is 0 Å². The lowest BCUT2D eigenvalue weighted by Crippen LogP contribution is -1.87. The van der Waals surface area contributed by atoms with E-state index < -0.39 is 0 Å². The van der Waals surface area contributed by atoms with Gasteiger partial charge in [-0.05, 0) is 48.2 Å². The Labute approximate surface area is 96.4 Å². The Morgan fingerprint density at radius 3 is 2.27 bits per heavy atom. The summed E-state index contributed by atoms with van der Waals surface area (Å²) in [5.41, 5.74) is 5.16. The SMILES string of the molecule is Cc1cc(S)cc(-c2ccccc2)c1C. The minimum atomic E-state index is 1.02. The number of hydrogen-bond donors (Lipinski definition) is 1. The zero-order chi connectivity index (χ0) is 10.8. The van der Waals surface area contributed by atoms with Crippen molar-refractivity contribution >= 4 is 12.6 Å². The number of aryl methyl sites for hydroxylation is 1. The summed E-state index contributed by atoms with van der Waals surface area (Å²) in [4.78, 5) is 1.02. The molecule has 0 aliphatic heterocycles. The third-order valence-corrected chi connectivity index (χ3v) is 3.00. The summed E-state index contributed by atoms with van der Waals surface area (Å²) < 4.78 is 0. The van der Waals surface area contributed by atoms with E-state index in [2.05, 4.69) is 62.9 Å². The molecule has 15 heavy (non-hydrogen) atoms. The standard InChI is InChI=1S/C14H14S/c1-10-8-13(15)9-14(11(10)2)12-6-4-3-5-7-12/h3-9,15H,1-2H3. The third kappa shape index (κ3) is 2.07. The predicted octanol–water partition coefficient (Wildman–Crippen LogP) is 4.26. The van der Waals surface area contributed by atoms with E-state index in [0.29, 0.717) is 0 Å². The highest BCUT2D eigenvalue weighted by molar-refractivity contribution is 7.80. The quantitative estimate of drug-likeness (QED) is 0.674. The van der Waals surface area contributed by atoms with Gasteiger partial charge in [-0.2, -0.15) is 0 Å². The van der Waals surface area contributed by atoms with E-state index in [1.54, 1.807) is 0 Å². The second-order valence-corrected chi connectivity index (χ2v) is 4.32. The molecule has 1 heteroatoms. The van der Waals surface area contributed by atoms with Gasteiger partial charge < -0.3 is 0 Å². The Balaban J connectivity index is 2.63. The molecule has 0 aliphatic rings. The highest BCUT2D eigenvalue weighted by atomic mass is 32.1. The second-order valence-electron chi connectivity index (χ2n) is 3.80. The summed E-state index contributed by atoms with van der Waals surface area (Å²) in [5, 5.41) is 0. The largest absolute Gasteiger partial charge is 0.143 e. The molecule has 0 saturated carbocycles. The Hall–Kier alpha value is -1.21. The van der Waals surface area contributed by atoms with Gasteiger partial charge in [0.2, 0.25) is 0 Å². The average molecular weight is 214 g/mol. The van der Waals surface area contributed by atoms with Crippen molar-refractivity contribution in [1.82, 2.24) is 0 Å². The van der Waals surface area contributed by atoms with Crippen molar-refractivity contribution in [3.63, 3.8) is 0 Å². The van der Waals surface area contributed by atoms with Gasteiger partial charge in [-0.25, -0.2) is 0 Å². The minimum Gasteiger partial charge on any atom is -0.143 e. The molecular formula is C14H14S. The van der Waals surface area contributed by atoms with Gasteiger partial charge in [0.1, 0.15) is 0 Å². The molecule has 2 aromatic carbocycles. The molecule has 0 N–H and O–H groups in total. The average Bonchev–Trinajstić information content (AvgIpc) is 2.24. The first kappa shape index (κ1) is 10.3. The van der Waals surface area contributed by atoms with Gasteiger partial charge in [0.05, 0.1) is 0 Å². The van der Waals surface area contributed by atoms with E-state index in [4.69, 9.17) is 0 Å². The van der Waals surface area contributed by atoms with Crippen molar-refractivity contribution < 1.29 is 0 Å². The lowest BCUT2D eigenvalue weighted by molar-refractivity contribution is 1.28. The Morgan fingerprint density at radius 1 is 0.933 bits per heavy atom. The molecule has 0 nitrogen and oxygen atoms in total. The normalized spacial score (nSPS) is 10.3. The zero-order valence-corrected chi connectivity index (χ0v) is 9.88. The summed E-state index contributed by atoms with van der Waals surface area (Å²) in [6, 6.07) is 14.7. The van der Waals surface area contributed by atoms with E-state index in [9.17, 15) is 0 Å². The molecule has 0 heterocycles. The Bertz CT molecular complexity index is 472. The number of hydrogen-bond acceptors (Lipinski definition) is 1. The first-order valence-electron chi connectivity index (χ1n) is 5.04. The first-order chi connectivity index (χ1) is 7.18. The van der Waals surface area contributed by atoms with Crippen molar-refractivity contribution in [2.24, 2.45) is 0 Å². The van der Waals surface area contributed by atoms with Gasteiger partial charge in [0, 0.05) is 4.90 Å². The Kier molecular flexibility index (Phi) is 2.83. The van der Waals surface area contributed by atoms with E-state index in [0.717, 1.165) is 4.90 Å². The van der Waals surface area contributed by atoms with Crippen molar-refractivity contribution in [3.05, 3.63) is 53.6 Å². The van der Waals surface area contributed by atoms with Crippen LogP contribution in [0.2, 0.25) is 0 Å². The molecule has 2 aromatic rings. The van der Waals surface area contributed by atoms with Gasteiger partial charge in [0.25, 0.3) is 0 Å². The first-order valence-corrected chi connectivity index (χ1v) is 5.49. The molecule has 0 aliphatic carbocycles. The molecule has 0 fully saturated rings. The summed E-state index contributed by atoms with van der Waals surface area (Å²) in [6.07, 6.45) is 0. The molecule has 76 valence electrons. The minimum absolute atomic E-state index is 1.02. The van der Waals surface area contributed by atoms with Gasteiger partial charge in [-0.1, -0.05) is 30.3 Å². The lowest BCUT2D eigenvalue weighted by atomic mass is 9.97. The zero-order valence-electron chi connectivity index (χ0n) is 8.99. The maximum absolute atomic E-state index is 4.42. The fraction of sp³-hybridized carbons (Fsp3) is 0.143. The van der Waals surface area contributed by atoms with Crippen LogP contribution in [-0.2, 0) is 0 Å². The molecule has 0 radical (unpaired) electrons. The highest BCUT2D eigenvalue weighted by Crippen LogP contribution is 2.28. The van der Waals surface area contributed by atoms with Crippen LogP contribution in [0.25, 0.3) is 11.1 Å². The number of rotatable bonds is 1. The molecular weight excluding hydrogens is 200 g/mol. The van der Waals surface area contributed by atoms with Gasteiger partial charge in [-0.3, -0.25) is 0 Å². The van der Waals surface area contributed by atoms with Gasteiger partial charge >= 0.3 is 0 Å². The van der Waals surface area contributed by atoms with Crippen LogP contribution in [0.4, 0.5) is 0 Å². The van der Waals surface area contributed by atoms with Crippen molar-refractivity contribution in [2.75, 3.05) is 0 Å². The van der Waals surface area contributed by atoms with Gasteiger partial charge in [0.15, 0.2) is 0 Å². The fourth-order valence-corrected chi connectivity index (χ4v) is 2.08. The summed E-state index contributed by atoms with van der Waals surface area (Å²) in [6.45, 7) is 4.28. The maximum atomic E-state index is 4.42. The molecule has 0 saturated heterocycles. The lowest BCUT2D eigenvalue weighted by Gasteiger charge is -2.10. The number of thiol groups is 1. The number of benzene rings is 2. The molecule has 0 amide bonds. The maximum Gasteiger partial charge on any atom is 0.00489 e. The van der Waals surface area contributed by atoms with Crippen LogP contribution in [0, 0.1) is 13.8 Å². The second kappa shape index (κ2) is 4.11. The van der Waals surface area contributed by atoms with E-state index in [1.165, 1.54) is 22.3 Å². The van der Waals surface area contributed by atoms with Crippen molar-refractivity contribution in [2.45, 2.75) is 18.7 Å². The van der Waals surface area contributed by atoms with Gasteiger partial charge in [-0.15, -0.1) is 12.6 Å². The topological polar surface area (TPSA) is 0 Å². The summed E-state index contributed by atoms with van der Waals surface area (Å²) in [7, 11) is 0. The monoisotopic (exact) mass is 214 g/mol. The van der Waals surface area contributed by atoms with Crippen LogP contribution < -0.4 is 0 Å². The van der Waals surface area contributed by atoms with Crippen LogP contribution in [0.5, 0.6) is 0 Å². The van der Waals surface area contributed by atoms with Crippen LogP contribution >= 0.6 is 12.6 Å². The highest BCUT2D eigenvalue weighted by Gasteiger charge is 2.04. The molecule has 0 bridgehead atoms. The summed E-state index contributed by atoms with van der Waals surface area (Å²) in [5.74, 6) is 0. The summed E-state index contributed by atoms with van der Waals surface area (Å²) >= 11 is 4.42. The third-order valence-electron chi connectivity index (χ3n) is 2.74. The van der Waals surface area contributed by atoms with E-state index in [-0.39, 0.29) is 0 Å². The van der Waals surface area contributed by atoms with Crippen LogP contribution in [0.3, 0.4) is 0 Å². The van der Waals surface area contributed by atoms with Crippen LogP contribution in [0.1, 0.15) is 11.1 Å².